The molecule has 1 aliphatic carbocycles. The van der Waals surface area contributed by atoms with Gasteiger partial charge >= 0.3 is 0 Å². The maximum absolute atomic E-state index is 6.35. The molecule has 16 heavy (non-hydrogen) atoms. The number of hydrogen-bond acceptors (Lipinski definition) is 1. The van der Waals surface area contributed by atoms with E-state index in [2.05, 4.69) is 27.7 Å². The third-order valence-corrected chi connectivity index (χ3v) is 4.36. The van der Waals surface area contributed by atoms with Gasteiger partial charge in [0.15, 0.2) is 0 Å². The molecule has 1 heterocycles. The van der Waals surface area contributed by atoms with Crippen molar-refractivity contribution in [2.24, 2.45) is 10.8 Å². The normalized spacial score (nSPS) is 36.2. The van der Waals surface area contributed by atoms with Gasteiger partial charge in [0.05, 0.1) is 5.60 Å². The molecule has 2 heteroatoms. The Morgan fingerprint density at radius 1 is 1.00 bits per heavy atom. The van der Waals surface area contributed by atoms with Crippen LogP contribution in [0.3, 0.4) is 0 Å². The van der Waals surface area contributed by atoms with Crippen LogP contribution in [-0.4, -0.2) is 17.6 Å². The average molecular weight is 245 g/mol. The maximum atomic E-state index is 6.35. The number of halogens is 1. The highest BCUT2D eigenvalue weighted by Gasteiger charge is 2.49. The molecule has 0 radical (unpaired) electrons. The molecular weight excluding hydrogens is 220 g/mol. The second kappa shape index (κ2) is 3.88. The van der Waals surface area contributed by atoms with E-state index in [1.807, 2.05) is 0 Å². The third-order valence-electron chi connectivity index (χ3n) is 3.99. The second-order valence-electron chi connectivity index (χ2n) is 7.48. The molecule has 1 atom stereocenters. The van der Waals surface area contributed by atoms with Gasteiger partial charge in [-0.15, -0.1) is 11.6 Å². The first kappa shape index (κ1) is 12.7. The van der Waals surface area contributed by atoms with Gasteiger partial charge < -0.3 is 4.74 Å². The fraction of sp³-hybridized carbons (Fsp3) is 1.00. The van der Waals surface area contributed by atoms with Crippen LogP contribution in [0.5, 0.6) is 0 Å². The van der Waals surface area contributed by atoms with Crippen molar-refractivity contribution >= 4 is 11.6 Å². The van der Waals surface area contributed by atoms with Crippen molar-refractivity contribution in [2.45, 2.75) is 70.8 Å². The summed E-state index contributed by atoms with van der Waals surface area (Å²) in [7, 11) is 0. The molecule has 1 unspecified atom stereocenters. The van der Waals surface area contributed by atoms with Crippen LogP contribution >= 0.6 is 11.6 Å². The molecule has 0 N–H and O–H groups in total. The first-order valence-corrected chi connectivity index (χ1v) is 6.94. The maximum Gasteiger partial charge on any atom is 0.0706 e. The summed E-state index contributed by atoms with van der Waals surface area (Å²) >= 11 is 6.35. The van der Waals surface area contributed by atoms with Gasteiger partial charge in [-0.2, -0.15) is 0 Å². The molecule has 2 rings (SSSR count). The number of ether oxygens (including phenoxy) is 1. The molecule has 0 amide bonds. The van der Waals surface area contributed by atoms with E-state index in [-0.39, 0.29) is 5.60 Å². The van der Waals surface area contributed by atoms with Crippen LogP contribution in [0.15, 0.2) is 0 Å². The summed E-state index contributed by atoms with van der Waals surface area (Å²) in [5.41, 5.74) is 0.835. The minimum atomic E-state index is 0.0654. The fourth-order valence-electron chi connectivity index (χ4n) is 4.44. The van der Waals surface area contributed by atoms with Crippen LogP contribution in [0.2, 0.25) is 0 Å². The molecule has 0 bridgehead atoms. The summed E-state index contributed by atoms with van der Waals surface area (Å²) in [6.45, 7) is 10.3. The lowest BCUT2D eigenvalue weighted by Gasteiger charge is -2.53. The Balaban J connectivity index is 2.20. The summed E-state index contributed by atoms with van der Waals surface area (Å²) in [5.74, 6) is 0. The lowest BCUT2D eigenvalue weighted by atomic mass is 9.58. The molecule has 1 nitrogen and oxygen atoms in total. The van der Waals surface area contributed by atoms with Crippen LogP contribution in [-0.2, 0) is 4.74 Å². The SMILES string of the molecule is CC1(C)CC(C)(C)CC2(CC(Cl)CCO2)C1. The number of alkyl halides is 1. The highest BCUT2D eigenvalue weighted by atomic mass is 35.5. The van der Waals surface area contributed by atoms with E-state index < -0.39 is 0 Å². The molecule has 94 valence electrons. The summed E-state index contributed by atoms with van der Waals surface area (Å²) in [6, 6.07) is 0. The van der Waals surface area contributed by atoms with Crippen molar-refractivity contribution in [3.05, 3.63) is 0 Å². The Morgan fingerprint density at radius 2 is 1.56 bits per heavy atom. The molecule has 1 spiro atoms. The smallest absolute Gasteiger partial charge is 0.0706 e. The van der Waals surface area contributed by atoms with Gasteiger partial charge in [-0.3, -0.25) is 0 Å². The molecule has 2 fully saturated rings. The van der Waals surface area contributed by atoms with Gasteiger partial charge in [0, 0.05) is 12.0 Å². The molecule has 0 aromatic heterocycles. The van der Waals surface area contributed by atoms with Crippen LogP contribution in [0.25, 0.3) is 0 Å². The Morgan fingerprint density at radius 3 is 2.06 bits per heavy atom. The average Bonchev–Trinajstić information content (AvgIpc) is 1.94. The molecule has 1 aliphatic heterocycles. The van der Waals surface area contributed by atoms with E-state index in [4.69, 9.17) is 16.3 Å². The minimum absolute atomic E-state index is 0.0654. The van der Waals surface area contributed by atoms with E-state index in [0.717, 1.165) is 19.4 Å². The number of hydrogen-bond donors (Lipinski definition) is 0. The third kappa shape index (κ3) is 2.73. The van der Waals surface area contributed by atoms with E-state index in [9.17, 15) is 0 Å². The molecule has 2 aliphatic rings. The van der Waals surface area contributed by atoms with E-state index in [0.29, 0.717) is 16.2 Å². The van der Waals surface area contributed by atoms with Crippen LogP contribution in [0, 0.1) is 10.8 Å². The highest BCUT2D eigenvalue weighted by molar-refractivity contribution is 6.20. The standard InChI is InChI=1S/C14H25ClO/c1-12(2)8-13(3,4)10-14(9-12)7-11(15)5-6-16-14/h11H,5-10H2,1-4H3. The van der Waals surface area contributed by atoms with Gasteiger partial charge in [0.1, 0.15) is 0 Å². The van der Waals surface area contributed by atoms with Crippen molar-refractivity contribution in [1.82, 2.24) is 0 Å². The van der Waals surface area contributed by atoms with Crippen LogP contribution < -0.4 is 0 Å². The van der Waals surface area contributed by atoms with Crippen molar-refractivity contribution in [3.63, 3.8) is 0 Å². The molecular formula is C14H25ClO. The Labute approximate surface area is 105 Å². The Kier molecular flexibility index (Phi) is 3.08. The van der Waals surface area contributed by atoms with Crippen molar-refractivity contribution < 1.29 is 4.74 Å². The molecule has 0 aromatic rings. The van der Waals surface area contributed by atoms with Gasteiger partial charge in [-0.1, -0.05) is 27.7 Å². The van der Waals surface area contributed by atoms with Crippen molar-refractivity contribution in [1.29, 1.82) is 0 Å². The first-order valence-electron chi connectivity index (χ1n) is 6.50. The Hall–Kier alpha value is 0.250. The quantitative estimate of drug-likeness (QED) is 0.575. The van der Waals surface area contributed by atoms with Crippen molar-refractivity contribution in [3.8, 4) is 0 Å². The zero-order chi connectivity index (χ0) is 12.0. The lowest BCUT2D eigenvalue weighted by molar-refractivity contribution is -0.151. The predicted molar refractivity (Wildman–Crippen MR) is 69.0 cm³/mol. The van der Waals surface area contributed by atoms with Gasteiger partial charge in [0.25, 0.3) is 0 Å². The van der Waals surface area contributed by atoms with E-state index >= 15 is 0 Å². The molecule has 1 saturated heterocycles. The summed E-state index contributed by atoms with van der Waals surface area (Å²) in [5, 5.41) is 0.318. The van der Waals surface area contributed by atoms with E-state index in [1.165, 1.54) is 19.3 Å². The van der Waals surface area contributed by atoms with Gasteiger partial charge in [0.2, 0.25) is 0 Å². The highest BCUT2D eigenvalue weighted by Crippen LogP contribution is 2.54. The molecule has 1 saturated carbocycles. The summed E-state index contributed by atoms with van der Waals surface area (Å²) in [4.78, 5) is 0. The van der Waals surface area contributed by atoms with Gasteiger partial charge in [-0.25, -0.2) is 0 Å². The van der Waals surface area contributed by atoms with E-state index in [1.54, 1.807) is 0 Å². The first-order chi connectivity index (χ1) is 7.22. The summed E-state index contributed by atoms with van der Waals surface area (Å²) < 4.78 is 6.16. The minimum Gasteiger partial charge on any atom is -0.375 e. The predicted octanol–water partition coefficient (Wildman–Crippen LogP) is 4.38. The van der Waals surface area contributed by atoms with Gasteiger partial charge in [-0.05, 0) is 42.9 Å². The molecule has 0 aromatic carbocycles. The van der Waals surface area contributed by atoms with Crippen molar-refractivity contribution in [2.75, 3.05) is 6.61 Å². The lowest BCUT2D eigenvalue weighted by Crippen LogP contribution is -2.51. The second-order valence-corrected chi connectivity index (χ2v) is 8.10. The largest absolute Gasteiger partial charge is 0.375 e. The van der Waals surface area contributed by atoms with Crippen LogP contribution in [0.1, 0.15) is 59.8 Å². The number of rotatable bonds is 0. The monoisotopic (exact) mass is 244 g/mol. The fourth-order valence-corrected chi connectivity index (χ4v) is 4.81. The van der Waals surface area contributed by atoms with Crippen LogP contribution in [0.4, 0.5) is 0 Å². The zero-order valence-electron chi connectivity index (χ0n) is 11.1. The zero-order valence-corrected chi connectivity index (χ0v) is 11.9. The summed E-state index contributed by atoms with van der Waals surface area (Å²) in [6.07, 6.45) is 5.70. The topological polar surface area (TPSA) is 9.23 Å². The Bertz CT molecular complexity index is 254.